The van der Waals surface area contributed by atoms with Gasteiger partial charge in [0.15, 0.2) is 6.04 Å². The Hall–Kier alpha value is -0.730. The number of ether oxygens (including phenoxy) is 2. The van der Waals surface area contributed by atoms with Gasteiger partial charge in [0.1, 0.15) is 6.61 Å². The van der Waals surface area contributed by atoms with E-state index in [0.29, 0.717) is 6.61 Å². The summed E-state index contributed by atoms with van der Waals surface area (Å²) in [5.74, 6) is 0.684. The lowest BCUT2D eigenvalue weighted by molar-refractivity contribution is -0.147. The summed E-state index contributed by atoms with van der Waals surface area (Å²) < 4.78 is 9.01. The molecule has 0 spiro atoms. The number of carboxylic acids is 1. The molecular formula is C23H38NO5PS3. The van der Waals surface area contributed by atoms with Gasteiger partial charge in [0.05, 0.1) is 16.8 Å². The van der Waals surface area contributed by atoms with Gasteiger partial charge in [0.2, 0.25) is 0 Å². The third-order valence-electron chi connectivity index (χ3n) is 4.80. The SMILES string of the molecule is CCCCSP(=S)(CN(C(=O)OCc1ccccc1)C(C(=O)O)C(C)OCC)SCCCC. The van der Waals surface area contributed by atoms with Gasteiger partial charge in [-0.15, -0.1) is 22.8 Å². The van der Waals surface area contributed by atoms with Crippen LogP contribution in [0.15, 0.2) is 30.3 Å². The Balaban J connectivity index is 3.17. The Kier molecular flexibility index (Phi) is 15.4. The van der Waals surface area contributed by atoms with E-state index in [2.05, 4.69) is 13.8 Å². The van der Waals surface area contributed by atoms with Crippen molar-refractivity contribution in [2.24, 2.45) is 0 Å². The summed E-state index contributed by atoms with van der Waals surface area (Å²) in [7, 11) is 0. The van der Waals surface area contributed by atoms with Crippen molar-refractivity contribution in [3.63, 3.8) is 0 Å². The molecule has 188 valence electrons. The molecular weight excluding hydrogens is 497 g/mol. The van der Waals surface area contributed by atoms with Gasteiger partial charge in [-0.05, 0) is 43.8 Å². The van der Waals surface area contributed by atoms with Crippen LogP contribution in [0.2, 0.25) is 0 Å². The Morgan fingerprint density at radius 2 is 1.67 bits per heavy atom. The smallest absolute Gasteiger partial charge is 0.411 e. The summed E-state index contributed by atoms with van der Waals surface area (Å²) in [6.45, 7) is 8.16. The van der Waals surface area contributed by atoms with Crippen LogP contribution in [0.4, 0.5) is 4.79 Å². The van der Waals surface area contributed by atoms with Crippen LogP contribution in [0.25, 0.3) is 0 Å². The number of aliphatic carboxylic acids is 1. The van der Waals surface area contributed by atoms with Crippen molar-refractivity contribution in [3.8, 4) is 0 Å². The number of carbonyl (C=O) groups is 2. The second-order valence-electron chi connectivity index (χ2n) is 7.58. The molecule has 10 heteroatoms. The van der Waals surface area contributed by atoms with Crippen LogP contribution in [-0.4, -0.2) is 58.6 Å². The zero-order valence-corrected chi connectivity index (χ0v) is 23.4. The molecule has 1 rings (SSSR count). The highest BCUT2D eigenvalue weighted by molar-refractivity contribution is 9.00. The maximum atomic E-state index is 13.2. The van der Waals surface area contributed by atoms with Crippen molar-refractivity contribution in [1.29, 1.82) is 0 Å². The summed E-state index contributed by atoms with van der Waals surface area (Å²) in [6.07, 6.45) is 3.02. The number of nitrogens with zero attached hydrogens (tertiary/aromatic N) is 1. The van der Waals surface area contributed by atoms with Gasteiger partial charge in [0, 0.05) is 6.61 Å². The Bertz CT molecular complexity index is 739. The lowest BCUT2D eigenvalue weighted by Gasteiger charge is -2.35. The molecule has 6 nitrogen and oxygen atoms in total. The largest absolute Gasteiger partial charge is 0.480 e. The Morgan fingerprint density at radius 1 is 1.09 bits per heavy atom. The molecule has 0 aromatic heterocycles. The summed E-state index contributed by atoms with van der Waals surface area (Å²) in [4.78, 5) is 26.8. The second-order valence-corrected chi connectivity index (χ2v) is 19.7. The fourth-order valence-electron chi connectivity index (χ4n) is 3.00. The fraction of sp³-hybridized carbons (Fsp3) is 0.652. The molecule has 0 aliphatic heterocycles. The quantitative estimate of drug-likeness (QED) is 0.172. The molecule has 0 aliphatic carbocycles. The third-order valence-corrected chi connectivity index (χ3v) is 15.5. The molecule has 1 amide bonds. The van der Waals surface area contributed by atoms with Gasteiger partial charge in [-0.1, -0.05) is 68.8 Å². The van der Waals surface area contributed by atoms with Crippen molar-refractivity contribution < 1.29 is 24.2 Å². The van der Waals surface area contributed by atoms with Gasteiger partial charge < -0.3 is 14.6 Å². The molecule has 0 saturated heterocycles. The summed E-state index contributed by atoms with van der Waals surface area (Å²) >= 11 is 9.55. The number of carbonyl (C=O) groups excluding carboxylic acids is 1. The van der Waals surface area contributed by atoms with E-state index in [1.807, 2.05) is 30.3 Å². The Labute approximate surface area is 212 Å². The molecule has 1 aromatic rings. The summed E-state index contributed by atoms with van der Waals surface area (Å²) in [6, 6.07) is 8.17. The first kappa shape index (κ1) is 30.3. The molecule has 0 fully saturated rings. The van der Waals surface area contributed by atoms with Crippen LogP contribution in [0, 0.1) is 0 Å². The predicted molar refractivity (Wildman–Crippen MR) is 145 cm³/mol. The van der Waals surface area contributed by atoms with Crippen LogP contribution in [0.3, 0.4) is 0 Å². The molecule has 0 aliphatic rings. The minimum absolute atomic E-state index is 0.0698. The minimum Gasteiger partial charge on any atom is -0.480 e. The number of hydrogen-bond acceptors (Lipinski definition) is 7. The highest BCUT2D eigenvalue weighted by Crippen LogP contribution is 2.70. The first-order valence-electron chi connectivity index (χ1n) is 11.5. The summed E-state index contributed by atoms with van der Waals surface area (Å²) in [5, 5.41) is 10.0. The number of hydrogen-bond donors (Lipinski definition) is 1. The normalized spacial score (nSPS) is 13.3. The monoisotopic (exact) mass is 535 g/mol. The van der Waals surface area contributed by atoms with E-state index < -0.39 is 28.6 Å². The number of unbranched alkanes of at least 4 members (excludes halogenated alkanes) is 2. The van der Waals surface area contributed by atoms with Crippen molar-refractivity contribution in [2.45, 2.75) is 72.1 Å². The lowest BCUT2D eigenvalue weighted by atomic mass is 10.1. The molecule has 0 radical (unpaired) electrons. The second kappa shape index (κ2) is 16.8. The van der Waals surface area contributed by atoms with E-state index in [1.54, 1.807) is 36.6 Å². The van der Waals surface area contributed by atoms with Gasteiger partial charge >= 0.3 is 12.1 Å². The van der Waals surface area contributed by atoms with Crippen molar-refractivity contribution in [3.05, 3.63) is 35.9 Å². The molecule has 33 heavy (non-hydrogen) atoms. The minimum atomic E-state index is -2.16. The van der Waals surface area contributed by atoms with Gasteiger partial charge in [-0.25, -0.2) is 9.59 Å². The molecule has 0 saturated carbocycles. The highest BCUT2D eigenvalue weighted by atomic mass is 33.2. The lowest BCUT2D eigenvalue weighted by Crippen LogP contribution is -2.51. The number of benzene rings is 1. The van der Waals surface area contributed by atoms with Crippen LogP contribution >= 0.6 is 27.2 Å². The standard InChI is InChI=1S/C23H38NO5PS3/c1-5-8-15-32-30(31,33-16-9-6-2)18-24(21(22(25)26)19(4)28-7-3)23(27)29-17-20-13-11-10-12-14-20/h10-14,19,21H,5-9,15-18H2,1-4H3,(H,25,26). The maximum absolute atomic E-state index is 13.2. The fourth-order valence-corrected chi connectivity index (χ4v) is 12.9. The average molecular weight is 536 g/mol. The van der Waals surface area contributed by atoms with E-state index in [4.69, 9.17) is 21.3 Å². The van der Waals surface area contributed by atoms with E-state index in [1.165, 1.54) is 4.90 Å². The first-order chi connectivity index (χ1) is 15.8. The predicted octanol–water partition coefficient (Wildman–Crippen LogP) is 6.84. The van der Waals surface area contributed by atoms with Gasteiger partial charge in [-0.3, -0.25) is 4.90 Å². The molecule has 1 N–H and O–H groups in total. The van der Waals surface area contributed by atoms with E-state index in [-0.39, 0.29) is 12.9 Å². The number of rotatable bonds is 17. The number of amides is 1. The van der Waals surface area contributed by atoms with Crippen molar-refractivity contribution in [1.82, 2.24) is 4.90 Å². The van der Waals surface area contributed by atoms with E-state index in [9.17, 15) is 14.7 Å². The zero-order valence-electron chi connectivity index (χ0n) is 20.1. The van der Waals surface area contributed by atoms with Crippen LogP contribution in [-0.2, 0) is 32.7 Å². The van der Waals surface area contributed by atoms with Crippen LogP contribution in [0.1, 0.15) is 58.9 Å². The molecule has 0 heterocycles. The highest BCUT2D eigenvalue weighted by Gasteiger charge is 2.39. The molecule has 2 atom stereocenters. The van der Waals surface area contributed by atoms with E-state index in [0.717, 1.165) is 42.8 Å². The van der Waals surface area contributed by atoms with Crippen molar-refractivity contribution in [2.75, 3.05) is 24.4 Å². The van der Waals surface area contributed by atoms with Crippen LogP contribution in [0.5, 0.6) is 0 Å². The molecule has 0 bridgehead atoms. The average Bonchev–Trinajstić information content (AvgIpc) is 2.78. The Morgan fingerprint density at radius 3 is 2.15 bits per heavy atom. The third kappa shape index (κ3) is 11.5. The molecule has 2 unspecified atom stereocenters. The molecule has 1 aromatic carbocycles. The van der Waals surface area contributed by atoms with Crippen molar-refractivity contribution >= 4 is 51.1 Å². The zero-order chi connectivity index (χ0) is 24.7. The maximum Gasteiger partial charge on any atom is 0.411 e. The van der Waals surface area contributed by atoms with Crippen LogP contribution < -0.4 is 0 Å². The topological polar surface area (TPSA) is 76.1 Å². The van der Waals surface area contributed by atoms with Gasteiger partial charge in [-0.2, -0.15) is 0 Å². The summed E-state index contributed by atoms with van der Waals surface area (Å²) in [5.41, 5.74) is 0.838. The van der Waals surface area contributed by atoms with Gasteiger partial charge in [0.25, 0.3) is 0 Å². The first-order valence-corrected chi connectivity index (χ1v) is 17.6. The number of carboxylic acid groups (broad SMARTS) is 1. The van der Waals surface area contributed by atoms with E-state index >= 15 is 0 Å².